The van der Waals surface area contributed by atoms with Crippen LogP contribution in [-0.2, 0) is 6.54 Å². The number of hydrogen-bond acceptors (Lipinski definition) is 5. The molecule has 0 spiro atoms. The zero-order chi connectivity index (χ0) is 23.4. The maximum absolute atomic E-state index is 13.3. The number of thiocarbonyl (C=S) groups is 1. The summed E-state index contributed by atoms with van der Waals surface area (Å²) in [5, 5.41) is 4.49. The first-order valence-electron chi connectivity index (χ1n) is 10.8. The molecule has 3 aromatic rings. The van der Waals surface area contributed by atoms with E-state index in [0.717, 1.165) is 18.4 Å². The average Bonchev–Trinajstić information content (AvgIpc) is 2.78. The number of H-pyrrole nitrogens is 1. The van der Waals surface area contributed by atoms with E-state index in [1.807, 2.05) is 31.1 Å². The van der Waals surface area contributed by atoms with Crippen LogP contribution in [0.15, 0.2) is 47.3 Å². The minimum Gasteiger partial charge on any atom is -0.486 e. The van der Waals surface area contributed by atoms with Crippen LogP contribution in [0.2, 0.25) is 0 Å². The van der Waals surface area contributed by atoms with Crippen molar-refractivity contribution >= 4 is 33.9 Å². The van der Waals surface area contributed by atoms with Gasteiger partial charge in [0, 0.05) is 29.2 Å². The third-order valence-corrected chi connectivity index (χ3v) is 5.72. The number of anilines is 1. The summed E-state index contributed by atoms with van der Waals surface area (Å²) in [7, 11) is 4.03. The van der Waals surface area contributed by atoms with E-state index >= 15 is 0 Å². The van der Waals surface area contributed by atoms with Crippen molar-refractivity contribution in [2.45, 2.75) is 13.0 Å². The molecule has 1 aliphatic rings. The second-order valence-corrected chi connectivity index (χ2v) is 8.61. The van der Waals surface area contributed by atoms with Crippen molar-refractivity contribution in [1.82, 2.24) is 14.8 Å². The Balaban J connectivity index is 1.58. The van der Waals surface area contributed by atoms with Gasteiger partial charge in [0.2, 0.25) is 0 Å². The van der Waals surface area contributed by atoms with Crippen LogP contribution < -0.4 is 20.3 Å². The van der Waals surface area contributed by atoms with E-state index in [2.05, 4.69) is 15.2 Å². The number of aromatic amines is 1. The highest BCUT2D eigenvalue weighted by Crippen LogP contribution is 2.33. The fraction of sp³-hybridized carbons (Fsp3) is 0.333. The standard InChI is InChI=1S/C24H27FN4O3S/c1-28(2)8-3-9-29(24(33)26-19-6-4-18(25)5-7-19)15-17-12-16-13-21-22(32-11-10-31-21)14-20(16)27-23(17)30/h4-7,12-14H,3,8-11,15H2,1-2H3,(H,26,33)(H,27,30). The minimum absolute atomic E-state index is 0.179. The minimum atomic E-state index is -0.312. The first kappa shape index (κ1) is 23.0. The second-order valence-electron chi connectivity index (χ2n) is 8.22. The number of nitrogens with one attached hydrogen (secondary N) is 2. The van der Waals surface area contributed by atoms with E-state index in [1.54, 1.807) is 18.2 Å². The van der Waals surface area contributed by atoms with E-state index < -0.39 is 0 Å². The van der Waals surface area contributed by atoms with Gasteiger partial charge in [-0.1, -0.05) is 0 Å². The van der Waals surface area contributed by atoms with Crippen LogP contribution in [-0.4, -0.2) is 60.3 Å². The van der Waals surface area contributed by atoms with E-state index in [-0.39, 0.29) is 11.4 Å². The van der Waals surface area contributed by atoms with Gasteiger partial charge in [0.05, 0.1) is 12.1 Å². The fourth-order valence-electron chi connectivity index (χ4n) is 3.68. The Labute approximate surface area is 197 Å². The molecule has 0 atom stereocenters. The Morgan fingerprint density at radius 1 is 1.09 bits per heavy atom. The molecular weight excluding hydrogens is 443 g/mol. The summed E-state index contributed by atoms with van der Waals surface area (Å²) in [6, 6.07) is 11.6. The summed E-state index contributed by atoms with van der Waals surface area (Å²) in [5.74, 6) is 0.990. The molecule has 0 saturated carbocycles. The van der Waals surface area contributed by atoms with E-state index in [1.165, 1.54) is 12.1 Å². The van der Waals surface area contributed by atoms with Crippen molar-refractivity contribution in [1.29, 1.82) is 0 Å². The number of aromatic nitrogens is 1. The Bertz CT molecular complexity index is 1200. The molecule has 1 aliphatic heterocycles. The number of fused-ring (bicyclic) bond motifs is 2. The van der Waals surface area contributed by atoms with Crippen LogP contribution in [0.1, 0.15) is 12.0 Å². The highest BCUT2D eigenvalue weighted by atomic mass is 32.1. The predicted octanol–water partition coefficient (Wildman–Crippen LogP) is 3.59. The van der Waals surface area contributed by atoms with E-state index in [4.69, 9.17) is 21.7 Å². The number of rotatable bonds is 7. The number of benzene rings is 2. The molecular formula is C24H27FN4O3S. The van der Waals surface area contributed by atoms with E-state index in [0.29, 0.717) is 59.7 Å². The van der Waals surface area contributed by atoms with Crippen LogP contribution in [0.25, 0.3) is 10.9 Å². The molecule has 0 saturated heterocycles. The first-order valence-corrected chi connectivity index (χ1v) is 11.2. The summed E-state index contributed by atoms with van der Waals surface area (Å²) in [4.78, 5) is 19.9. The van der Waals surface area contributed by atoms with Gasteiger partial charge in [-0.3, -0.25) is 4.79 Å². The van der Waals surface area contributed by atoms with Gasteiger partial charge in [0.1, 0.15) is 19.0 Å². The maximum Gasteiger partial charge on any atom is 0.253 e. The molecule has 2 N–H and O–H groups in total. The lowest BCUT2D eigenvalue weighted by Crippen LogP contribution is -2.37. The Kier molecular flexibility index (Phi) is 7.10. The molecule has 7 nitrogen and oxygen atoms in total. The van der Waals surface area contributed by atoms with Gasteiger partial charge in [-0.2, -0.15) is 0 Å². The maximum atomic E-state index is 13.3. The van der Waals surface area contributed by atoms with Crippen molar-refractivity contribution in [3.8, 4) is 11.5 Å². The van der Waals surface area contributed by atoms with Crippen molar-refractivity contribution < 1.29 is 13.9 Å². The van der Waals surface area contributed by atoms with Gasteiger partial charge in [-0.15, -0.1) is 0 Å². The third-order valence-electron chi connectivity index (χ3n) is 5.36. The van der Waals surface area contributed by atoms with Crippen molar-refractivity contribution in [2.24, 2.45) is 0 Å². The monoisotopic (exact) mass is 470 g/mol. The summed E-state index contributed by atoms with van der Waals surface area (Å²) < 4.78 is 24.6. The SMILES string of the molecule is CN(C)CCCN(Cc1cc2cc3c(cc2[nH]c1=O)OCCO3)C(=S)Nc1ccc(F)cc1. The molecule has 1 aromatic heterocycles. The molecule has 2 heterocycles. The summed E-state index contributed by atoms with van der Waals surface area (Å²) >= 11 is 5.65. The van der Waals surface area contributed by atoms with Crippen molar-refractivity contribution in [2.75, 3.05) is 45.7 Å². The zero-order valence-corrected chi connectivity index (χ0v) is 19.5. The molecule has 2 aromatic carbocycles. The van der Waals surface area contributed by atoms with Crippen LogP contribution in [0.3, 0.4) is 0 Å². The number of hydrogen-bond donors (Lipinski definition) is 2. The van der Waals surface area contributed by atoms with Crippen LogP contribution in [0, 0.1) is 5.82 Å². The van der Waals surface area contributed by atoms with Crippen LogP contribution >= 0.6 is 12.2 Å². The van der Waals surface area contributed by atoms with Gasteiger partial charge in [-0.05, 0) is 75.7 Å². The molecule has 0 radical (unpaired) electrons. The molecule has 0 aliphatic carbocycles. The average molecular weight is 471 g/mol. The van der Waals surface area contributed by atoms with Crippen molar-refractivity contribution in [3.63, 3.8) is 0 Å². The number of halogens is 1. The smallest absolute Gasteiger partial charge is 0.253 e. The van der Waals surface area contributed by atoms with Crippen LogP contribution in [0.4, 0.5) is 10.1 Å². The van der Waals surface area contributed by atoms with Gasteiger partial charge in [0.15, 0.2) is 16.6 Å². The molecule has 33 heavy (non-hydrogen) atoms. The lowest BCUT2D eigenvalue weighted by atomic mass is 10.1. The molecule has 174 valence electrons. The molecule has 9 heteroatoms. The van der Waals surface area contributed by atoms with Gasteiger partial charge >= 0.3 is 0 Å². The largest absolute Gasteiger partial charge is 0.486 e. The number of pyridine rings is 1. The fourth-order valence-corrected chi connectivity index (χ4v) is 3.95. The Hall–Kier alpha value is -3.17. The first-order chi connectivity index (χ1) is 15.9. The molecule has 0 bridgehead atoms. The van der Waals surface area contributed by atoms with Gasteiger partial charge in [-0.25, -0.2) is 4.39 Å². The number of ether oxygens (including phenoxy) is 2. The second kappa shape index (κ2) is 10.2. The molecule has 0 unspecified atom stereocenters. The topological polar surface area (TPSA) is 69.8 Å². The van der Waals surface area contributed by atoms with Crippen molar-refractivity contribution in [3.05, 3.63) is 64.2 Å². The normalized spacial score (nSPS) is 12.7. The summed E-state index contributed by atoms with van der Waals surface area (Å²) in [6.07, 6.45) is 0.864. The zero-order valence-electron chi connectivity index (χ0n) is 18.7. The van der Waals surface area contributed by atoms with E-state index in [9.17, 15) is 9.18 Å². The highest BCUT2D eigenvalue weighted by Gasteiger charge is 2.17. The third kappa shape index (κ3) is 5.80. The number of nitrogens with zero attached hydrogens (tertiary/aromatic N) is 2. The highest BCUT2D eigenvalue weighted by molar-refractivity contribution is 7.80. The predicted molar refractivity (Wildman–Crippen MR) is 132 cm³/mol. The molecule has 0 fully saturated rings. The van der Waals surface area contributed by atoms with Gasteiger partial charge in [0.25, 0.3) is 5.56 Å². The Morgan fingerprint density at radius 3 is 2.48 bits per heavy atom. The van der Waals surface area contributed by atoms with Gasteiger partial charge < -0.3 is 29.6 Å². The molecule has 4 rings (SSSR count). The lowest BCUT2D eigenvalue weighted by Gasteiger charge is -2.26. The Morgan fingerprint density at radius 2 is 1.79 bits per heavy atom. The molecule has 0 amide bonds. The quantitative estimate of drug-likeness (QED) is 0.512. The summed E-state index contributed by atoms with van der Waals surface area (Å²) in [5.41, 5.74) is 1.79. The summed E-state index contributed by atoms with van der Waals surface area (Å²) in [6.45, 7) is 2.86. The van der Waals surface area contributed by atoms with Crippen LogP contribution in [0.5, 0.6) is 11.5 Å². The lowest BCUT2D eigenvalue weighted by molar-refractivity contribution is 0.172.